The molecule has 3 N–H and O–H groups in total. The van der Waals surface area contributed by atoms with Crippen molar-refractivity contribution in [1.29, 1.82) is 0 Å². The minimum atomic E-state index is 0.242. The number of nitrogens with zero attached hydrogens (tertiary/aromatic N) is 1. The van der Waals surface area contributed by atoms with E-state index in [1.54, 1.807) is 0 Å². The zero-order valence-corrected chi connectivity index (χ0v) is 10.4. The fourth-order valence-electron chi connectivity index (χ4n) is 2.49. The molecule has 2 saturated heterocycles. The fourth-order valence-corrected chi connectivity index (χ4v) is 2.49. The average molecular weight is 227 g/mol. The Morgan fingerprint density at radius 2 is 2.06 bits per heavy atom. The van der Waals surface area contributed by atoms with E-state index in [-0.39, 0.29) is 5.41 Å². The van der Waals surface area contributed by atoms with Gasteiger partial charge in [-0.3, -0.25) is 0 Å². The maximum Gasteiger partial charge on any atom is 0.0569 e. The smallest absolute Gasteiger partial charge is 0.0569 e. The van der Waals surface area contributed by atoms with Crippen LogP contribution in [0.4, 0.5) is 0 Å². The number of hydrogen-bond acceptors (Lipinski definition) is 4. The monoisotopic (exact) mass is 227 g/mol. The maximum atomic E-state index is 5.78. The van der Waals surface area contributed by atoms with Gasteiger partial charge in [0.15, 0.2) is 0 Å². The first kappa shape index (κ1) is 12.3. The van der Waals surface area contributed by atoms with Gasteiger partial charge in [-0.2, -0.15) is 0 Å². The first-order chi connectivity index (χ1) is 7.74. The van der Waals surface area contributed by atoms with Crippen molar-refractivity contribution in [2.75, 3.05) is 53.0 Å². The second-order valence-corrected chi connectivity index (χ2v) is 5.57. The summed E-state index contributed by atoms with van der Waals surface area (Å²) >= 11 is 0. The summed E-state index contributed by atoms with van der Waals surface area (Å²) in [7, 11) is 2.21. The molecule has 16 heavy (non-hydrogen) atoms. The van der Waals surface area contributed by atoms with E-state index in [9.17, 15) is 0 Å². The number of piperidine rings is 1. The van der Waals surface area contributed by atoms with Gasteiger partial charge in [0.1, 0.15) is 0 Å². The molecule has 0 aromatic carbocycles. The van der Waals surface area contributed by atoms with E-state index < -0.39 is 0 Å². The van der Waals surface area contributed by atoms with Gasteiger partial charge in [0.2, 0.25) is 0 Å². The van der Waals surface area contributed by atoms with Crippen LogP contribution in [0.1, 0.15) is 12.8 Å². The van der Waals surface area contributed by atoms with Crippen LogP contribution in [0.3, 0.4) is 0 Å². The highest BCUT2D eigenvalue weighted by atomic mass is 16.5. The minimum absolute atomic E-state index is 0.242. The van der Waals surface area contributed by atoms with E-state index in [0.717, 1.165) is 38.8 Å². The van der Waals surface area contributed by atoms with Crippen molar-refractivity contribution in [3.05, 3.63) is 0 Å². The molecule has 0 saturated carbocycles. The summed E-state index contributed by atoms with van der Waals surface area (Å²) in [5, 5.41) is 3.59. The molecule has 4 heteroatoms. The molecule has 0 spiro atoms. The van der Waals surface area contributed by atoms with Gasteiger partial charge in [-0.1, -0.05) is 0 Å². The molecule has 0 aromatic heterocycles. The first-order valence-corrected chi connectivity index (χ1v) is 6.41. The quantitative estimate of drug-likeness (QED) is 0.688. The molecule has 0 aromatic rings. The van der Waals surface area contributed by atoms with Crippen molar-refractivity contribution in [1.82, 2.24) is 10.2 Å². The molecule has 2 aliphatic rings. The van der Waals surface area contributed by atoms with Gasteiger partial charge < -0.3 is 20.7 Å². The van der Waals surface area contributed by atoms with Crippen LogP contribution >= 0.6 is 0 Å². The Labute approximate surface area is 98.5 Å². The predicted molar refractivity (Wildman–Crippen MR) is 65.4 cm³/mol. The molecule has 4 nitrogen and oxygen atoms in total. The van der Waals surface area contributed by atoms with Crippen LogP contribution in [0.5, 0.6) is 0 Å². The number of rotatable bonds is 5. The molecule has 0 aliphatic carbocycles. The van der Waals surface area contributed by atoms with Gasteiger partial charge in [0.25, 0.3) is 0 Å². The van der Waals surface area contributed by atoms with E-state index >= 15 is 0 Å². The molecule has 2 heterocycles. The van der Waals surface area contributed by atoms with Crippen LogP contribution in [-0.2, 0) is 4.74 Å². The zero-order chi connectivity index (χ0) is 11.4. The Bertz CT molecular complexity index is 205. The van der Waals surface area contributed by atoms with Gasteiger partial charge in [-0.15, -0.1) is 0 Å². The highest BCUT2D eigenvalue weighted by molar-refractivity contribution is 4.89. The van der Waals surface area contributed by atoms with E-state index in [0.29, 0.717) is 0 Å². The Morgan fingerprint density at radius 3 is 2.56 bits per heavy atom. The number of nitrogens with one attached hydrogen (secondary N) is 1. The molecule has 0 atom stereocenters. The third kappa shape index (κ3) is 2.94. The van der Waals surface area contributed by atoms with Gasteiger partial charge >= 0.3 is 0 Å². The molecule has 94 valence electrons. The van der Waals surface area contributed by atoms with Crippen LogP contribution in [0.2, 0.25) is 0 Å². The Hall–Kier alpha value is -0.160. The highest BCUT2D eigenvalue weighted by Crippen LogP contribution is 2.25. The normalized spacial score (nSPS) is 26.6. The lowest BCUT2D eigenvalue weighted by molar-refractivity contribution is -0.105. The molecule has 0 amide bonds. The lowest BCUT2D eigenvalue weighted by atomic mass is 9.86. The number of nitrogens with two attached hydrogens (primary N) is 1. The first-order valence-electron chi connectivity index (χ1n) is 6.41. The topological polar surface area (TPSA) is 50.5 Å². The predicted octanol–water partition coefficient (Wildman–Crippen LogP) is -0.107. The van der Waals surface area contributed by atoms with Crippen molar-refractivity contribution in [3.8, 4) is 0 Å². The molecule has 0 unspecified atom stereocenters. The van der Waals surface area contributed by atoms with E-state index in [1.807, 2.05) is 0 Å². The summed E-state index contributed by atoms with van der Waals surface area (Å²) in [5.74, 6) is 0.854. The molecule has 2 fully saturated rings. The van der Waals surface area contributed by atoms with Gasteiger partial charge in [-0.05, 0) is 45.4 Å². The Balaban J connectivity index is 1.61. The Kier molecular flexibility index (Phi) is 4.19. The summed E-state index contributed by atoms with van der Waals surface area (Å²) in [6.45, 7) is 7.08. The summed E-state index contributed by atoms with van der Waals surface area (Å²) in [6, 6.07) is 0. The summed E-state index contributed by atoms with van der Waals surface area (Å²) in [5.41, 5.74) is 6.02. The van der Waals surface area contributed by atoms with Gasteiger partial charge in [-0.25, -0.2) is 0 Å². The fraction of sp³-hybridized carbons (Fsp3) is 1.00. The van der Waals surface area contributed by atoms with Crippen molar-refractivity contribution in [2.45, 2.75) is 12.8 Å². The van der Waals surface area contributed by atoms with Crippen LogP contribution in [0.25, 0.3) is 0 Å². The molecule has 0 radical (unpaired) electrons. The van der Waals surface area contributed by atoms with E-state index in [2.05, 4.69) is 17.3 Å². The average Bonchev–Trinajstić information content (AvgIpc) is 2.25. The van der Waals surface area contributed by atoms with Gasteiger partial charge in [0, 0.05) is 18.5 Å². The third-order valence-electron chi connectivity index (χ3n) is 4.02. The van der Waals surface area contributed by atoms with Crippen molar-refractivity contribution in [3.63, 3.8) is 0 Å². The second kappa shape index (κ2) is 5.45. The minimum Gasteiger partial charge on any atom is -0.380 e. The highest BCUT2D eigenvalue weighted by Gasteiger charge is 2.36. The Morgan fingerprint density at radius 1 is 1.38 bits per heavy atom. The van der Waals surface area contributed by atoms with E-state index in [1.165, 1.54) is 25.9 Å². The molecular formula is C12H25N3O. The standard InChI is InChI=1S/C12H25N3O/c1-15-4-2-11(3-5-15)6-14-8-12(7-13)9-16-10-12/h11,14H,2-10,13H2,1H3. The van der Waals surface area contributed by atoms with Crippen molar-refractivity contribution in [2.24, 2.45) is 17.1 Å². The van der Waals surface area contributed by atoms with Crippen LogP contribution in [0, 0.1) is 11.3 Å². The molecule has 2 aliphatic heterocycles. The largest absolute Gasteiger partial charge is 0.380 e. The number of ether oxygens (including phenoxy) is 1. The second-order valence-electron chi connectivity index (χ2n) is 5.57. The van der Waals surface area contributed by atoms with Crippen LogP contribution < -0.4 is 11.1 Å². The van der Waals surface area contributed by atoms with Gasteiger partial charge in [0.05, 0.1) is 13.2 Å². The maximum absolute atomic E-state index is 5.78. The third-order valence-corrected chi connectivity index (χ3v) is 4.02. The van der Waals surface area contributed by atoms with Crippen molar-refractivity contribution >= 4 is 0 Å². The summed E-state index contributed by atoms with van der Waals surface area (Å²) < 4.78 is 5.26. The van der Waals surface area contributed by atoms with Crippen LogP contribution in [0.15, 0.2) is 0 Å². The summed E-state index contributed by atoms with van der Waals surface area (Å²) in [4.78, 5) is 2.41. The summed E-state index contributed by atoms with van der Waals surface area (Å²) in [6.07, 6.45) is 2.66. The molecular weight excluding hydrogens is 202 g/mol. The molecule has 2 rings (SSSR count). The van der Waals surface area contributed by atoms with Crippen molar-refractivity contribution < 1.29 is 4.74 Å². The van der Waals surface area contributed by atoms with Crippen LogP contribution in [-0.4, -0.2) is 57.9 Å². The SMILES string of the molecule is CN1CCC(CNCC2(CN)COC2)CC1. The van der Waals surface area contributed by atoms with E-state index in [4.69, 9.17) is 10.5 Å². The molecule has 0 bridgehead atoms. The number of likely N-dealkylation sites (tertiary alicyclic amines) is 1. The zero-order valence-electron chi connectivity index (χ0n) is 10.4. The lowest BCUT2D eigenvalue weighted by Gasteiger charge is -2.41. The lowest BCUT2D eigenvalue weighted by Crippen LogP contribution is -2.54. The number of hydrogen-bond donors (Lipinski definition) is 2.